The molecule has 0 fully saturated rings. The number of ketones is 1. The van der Waals surface area contributed by atoms with Gasteiger partial charge in [-0.1, -0.05) is 0 Å². The first-order valence-corrected chi connectivity index (χ1v) is 5.34. The topological polar surface area (TPSA) is 69.4 Å². The predicted molar refractivity (Wildman–Crippen MR) is 62.4 cm³/mol. The van der Waals surface area contributed by atoms with Crippen molar-refractivity contribution < 1.29 is 23.2 Å². The molecule has 5 nitrogen and oxygen atoms in total. The van der Waals surface area contributed by atoms with Gasteiger partial charge < -0.3 is 4.74 Å². The Morgan fingerprint density at radius 1 is 1.53 bits per heavy atom. The lowest BCUT2D eigenvalue weighted by Crippen LogP contribution is -2.07. The van der Waals surface area contributed by atoms with E-state index in [1.54, 1.807) is 22.6 Å². The third-order valence-electron chi connectivity index (χ3n) is 1.84. The third kappa shape index (κ3) is 3.32. The Labute approximate surface area is 108 Å². The van der Waals surface area contributed by atoms with Crippen LogP contribution in [0.3, 0.4) is 0 Å². The summed E-state index contributed by atoms with van der Waals surface area (Å²) in [5, 5.41) is 10.7. The van der Waals surface area contributed by atoms with Gasteiger partial charge in [0, 0.05) is 21.3 Å². The molecule has 0 saturated carbocycles. The van der Waals surface area contributed by atoms with Gasteiger partial charge in [-0.05, 0) is 29.5 Å². The fourth-order valence-corrected chi connectivity index (χ4v) is 1.96. The molecule has 0 aliphatic heterocycles. The van der Waals surface area contributed by atoms with Crippen LogP contribution >= 0.6 is 22.6 Å². The summed E-state index contributed by atoms with van der Waals surface area (Å²) < 4.78 is 28.4. The van der Waals surface area contributed by atoms with Gasteiger partial charge >= 0.3 is 12.3 Å². The molecule has 0 aromatic heterocycles. The minimum atomic E-state index is -3.16. The number of alkyl halides is 2. The number of rotatable bonds is 4. The Morgan fingerprint density at radius 3 is 2.53 bits per heavy atom. The van der Waals surface area contributed by atoms with Crippen molar-refractivity contribution in [2.24, 2.45) is 0 Å². The lowest BCUT2D eigenvalue weighted by molar-refractivity contribution is -0.386. The van der Waals surface area contributed by atoms with Crippen LogP contribution in [0.5, 0.6) is 5.75 Å². The van der Waals surface area contributed by atoms with Gasteiger partial charge in [0.2, 0.25) is 5.75 Å². The number of ether oxygens (including phenoxy) is 1. The molecular formula is C9H6F2INO4. The fourth-order valence-electron chi connectivity index (χ4n) is 1.15. The number of carbonyl (C=O) groups excluding carboxylic acids is 1. The van der Waals surface area contributed by atoms with Crippen molar-refractivity contribution in [2.45, 2.75) is 13.5 Å². The van der Waals surface area contributed by atoms with E-state index in [-0.39, 0.29) is 11.3 Å². The summed E-state index contributed by atoms with van der Waals surface area (Å²) in [7, 11) is 0. The van der Waals surface area contributed by atoms with Crippen LogP contribution in [0.2, 0.25) is 0 Å². The van der Waals surface area contributed by atoms with E-state index in [4.69, 9.17) is 0 Å². The Balaban J connectivity index is 3.35. The number of nitro groups is 1. The van der Waals surface area contributed by atoms with Crippen LogP contribution in [0.25, 0.3) is 0 Å². The fraction of sp³-hybridized carbons (Fsp3) is 0.222. The number of halogens is 3. The first kappa shape index (κ1) is 13.7. The molecule has 0 radical (unpaired) electrons. The summed E-state index contributed by atoms with van der Waals surface area (Å²) in [6.45, 7) is -1.93. The van der Waals surface area contributed by atoms with E-state index in [0.717, 1.165) is 12.1 Å². The Morgan fingerprint density at radius 2 is 2.12 bits per heavy atom. The predicted octanol–water partition coefficient (Wildman–Crippen LogP) is 3.00. The van der Waals surface area contributed by atoms with Gasteiger partial charge in [-0.15, -0.1) is 0 Å². The molecule has 0 amide bonds. The molecule has 1 aromatic rings. The zero-order chi connectivity index (χ0) is 13.2. The second-order valence-electron chi connectivity index (χ2n) is 2.99. The van der Waals surface area contributed by atoms with Crippen molar-refractivity contribution >= 4 is 34.1 Å². The van der Waals surface area contributed by atoms with Crippen LogP contribution in [0, 0.1) is 13.7 Å². The molecule has 0 heterocycles. The first-order valence-electron chi connectivity index (χ1n) is 4.26. The number of nitrogens with zero attached hydrogens (tertiary/aromatic N) is 1. The monoisotopic (exact) mass is 357 g/mol. The van der Waals surface area contributed by atoms with Crippen LogP contribution in [-0.2, 0) is 0 Å². The molecule has 0 atom stereocenters. The van der Waals surface area contributed by atoms with Crippen molar-refractivity contribution in [3.63, 3.8) is 0 Å². The average molecular weight is 357 g/mol. The highest BCUT2D eigenvalue weighted by Crippen LogP contribution is 2.32. The summed E-state index contributed by atoms with van der Waals surface area (Å²) in [6.07, 6.45) is 0. The maximum absolute atomic E-state index is 12.0. The molecule has 17 heavy (non-hydrogen) atoms. The van der Waals surface area contributed by atoms with Crippen LogP contribution in [-0.4, -0.2) is 17.3 Å². The first-order chi connectivity index (χ1) is 7.82. The van der Waals surface area contributed by atoms with Gasteiger partial charge in [-0.3, -0.25) is 14.9 Å². The molecule has 8 heteroatoms. The molecule has 0 N–H and O–H groups in total. The quantitative estimate of drug-likeness (QED) is 0.360. The van der Waals surface area contributed by atoms with Crippen molar-refractivity contribution in [1.29, 1.82) is 0 Å². The molecule has 0 aliphatic rings. The van der Waals surface area contributed by atoms with Gasteiger partial charge in [-0.2, -0.15) is 8.78 Å². The van der Waals surface area contributed by atoms with E-state index >= 15 is 0 Å². The maximum Gasteiger partial charge on any atom is 0.387 e. The second-order valence-corrected chi connectivity index (χ2v) is 4.15. The molecule has 0 saturated heterocycles. The van der Waals surface area contributed by atoms with Crippen molar-refractivity contribution in [3.8, 4) is 5.75 Å². The molecule has 0 spiro atoms. The van der Waals surface area contributed by atoms with Crippen LogP contribution in [0.1, 0.15) is 17.3 Å². The molecule has 0 unspecified atom stereocenters. The van der Waals surface area contributed by atoms with E-state index < -0.39 is 23.0 Å². The summed E-state index contributed by atoms with van der Waals surface area (Å²) in [5.41, 5.74) is -0.560. The van der Waals surface area contributed by atoms with Crippen LogP contribution < -0.4 is 4.74 Å². The molecule has 0 bridgehead atoms. The average Bonchev–Trinajstić information content (AvgIpc) is 2.15. The number of nitro benzene ring substituents is 1. The van der Waals surface area contributed by atoms with Gasteiger partial charge in [-0.25, -0.2) is 0 Å². The van der Waals surface area contributed by atoms with Gasteiger partial charge in [0.15, 0.2) is 5.78 Å². The van der Waals surface area contributed by atoms with E-state index in [1.807, 2.05) is 0 Å². The van der Waals surface area contributed by atoms with Crippen LogP contribution in [0.15, 0.2) is 12.1 Å². The Bertz CT molecular complexity index is 478. The van der Waals surface area contributed by atoms with Gasteiger partial charge in [0.05, 0.1) is 4.92 Å². The number of carbonyl (C=O) groups is 1. The molecule has 92 valence electrons. The van der Waals surface area contributed by atoms with E-state index in [0.29, 0.717) is 3.57 Å². The van der Waals surface area contributed by atoms with E-state index in [2.05, 4.69) is 4.74 Å². The lowest BCUT2D eigenvalue weighted by Gasteiger charge is -2.07. The maximum atomic E-state index is 12.0. The van der Waals surface area contributed by atoms with E-state index in [1.165, 1.54) is 6.92 Å². The SMILES string of the molecule is CC(=O)c1cc([N+](=O)[O-])c(OC(F)F)cc1I. The molecule has 1 rings (SSSR count). The summed E-state index contributed by atoms with van der Waals surface area (Å²) in [6, 6.07) is 1.98. The summed E-state index contributed by atoms with van der Waals surface area (Å²) >= 11 is 1.72. The van der Waals surface area contributed by atoms with Crippen LogP contribution in [0.4, 0.5) is 14.5 Å². The smallest absolute Gasteiger partial charge is 0.387 e. The zero-order valence-corrected chi connectivity index (χ0v) is 10.6. The highest BCUT2D eigenvalue weighted by atomic mass is 127. The molecular weight excluding hydrogens is 351 g/mol. The van der Waals surface area contributed by atoms with E-state index in [9.17, 15) is 23.7 Å². The number of hydrogen-bond acceptors (Lipinski definition) is 4. The van der Waals surface area contributed by atoms with Crippen molar-refractivity contribution in [2.75, 3.05) is 0 Å². The van der Waals surface area contributed by atoms with Crippen molar-refractivity contribution in [3.05, 3.63) is 31.4 Å². The molecule has 1 aromatic carbocycles. The summed E-state index contributed by atoms with van der Waals surface area (Å²) in [5.74, 6) is -0.944. The minimum Gasteiger partial charge on any atom is -0.427 e. The number of hydrogen-bond donors (Lipinski definition) is 0. The van der Waals surface area contributed by atoms with Gasteiger partial charge in [0.25, 0.3) is 0 Å². The standard InChI is InChI=1S/C9H6F2INO4/c1-4(14)5-2-7(13(15)16)8(3-6(5)12)17-9(10)11/h2-3,9H,1H3. The number of benzene rings is 1. The Hall–Kier alpha value is -1.32. The second kappa shape index (κ2) is 5.34. The van der Waals surface area contributed by atoms with Crippen molar-refractivity contribution in [1.82, 2.24) is 0 Å². The minimum absolute atomic E-state index is 0.0962. The largest absolute Gasteiger partial charge is 0.427 e. The zero-order valence-electron chi connectivity index (χ0n) is 8.45. The molecule has 0 aliphatic carbocycles. The summed E-state index contributed by atoms with van der Waals surface area (Å²) in [4.78, 5) is 20.9. The highest BCUT2D eigenvalue weighted by molar-refractivity contribution is 14.1. The van der Waals surface area contributed by atoms with Gasteiger partial charge in [0.1, 0.15) is 0 Å². The highest BCUT2D eigenvalue weighted by Gasteiger charge is 2.22. The third-order valence-corrected chi connectivity index (χ3v) is 2.73. The lowest BCUT2D eigenvalue weighted by atomic mass is 10.1. The normalized spacial score (nSPS) is 10.4. The number of Topliss-reactive ketones (excluding diaryl/α,β-unsaturated/α-hetero) is 1. The Kier molecular flexibility index (Phi) is 4.32.